The van der Waals surface area contributed by atoms with Gasteiger partial charge < -0.3 is 42.3 Å². The molecule has 0 saturated carbocycles. The normalized spacial score (nSPS) is 12.5. The monoisotopic (exact) mass is 1590 g/mol. The van der Waals surface area contributed by atoms with Gasteiger partial charge >= 0.3 is 65.9 Å². The minimum Gasteiger partial charge on any atom is -0.748 e. The number of benzene rings is 6. The van der Waals surface area contributed by atoms with Crippen LogP contribution in [0.5, 0.6) is 28.7 Å². The van der Waals surface area contributed by atoms with Gasteiger partial charge in [-0.1, -0.05) is 190 Å². The van der Waals surface area contributed by atoms with Crippen LogP contribution in [0.1, 0.15) is 141 Å². The highest BCUT2D eigenvalue weighted by molar-refractivity contribution is 7.86. The van der Waals surface area contributed by atoms with E-state index >= 15 is 0 Å². The summed E-state index contributed by atoms with van der Waals surface area (Å²) >= 11 is 0. The summed E-state index contributed by atoms with van der Waals surface area (Å²) in [5, 5.41) is 0. The Morgan fingerprint density at radius 3 is 0.798 bits per heavy atom. The number of rotatable bonds is 32. The average molecular weight is 1590 g/mol. The molecule has 6 rings (SSSR count). The largest absolute Gasteiger partial charge is 0.748 e. The van der Waals surface area contributed by atoms with Crippen LogP contribution < -0.4 is 29.1 Å². The fourth-order valence-corrected chi connectivity index (χ4v) is 12.6. The van der Waals surface area contributed by atoms with E-state index in [1.165, 1.54) is 60.7 Å². The SMILES string of the molecule is C.[B]Cc1cc(C[B])c(OC(=O)C(C)(C(=O)Oc2c(C[B])cc(C[B])cc2C[B])C(=O)OC(CS(=O)(=O)[O-])(C(F)(F)F)C(F)(F)F)c(C[B])c1.[B]Cc1cc([B])c(OC(=O)c2cc(C(=O)Oc3c(C[B])cc(C[B])cc3C[B])c(C(=O)Oc3c(C[B])cc(C[B])cc3C[B])cc2C(=O)OC(C)(CS(=O)(=O)[O-])C(F)(F)F)c(C[B])c1. The molecule has 1 unspecified atom stereocenters. The van der Waals surface area contributed by atoms with E-state index in [1.54, 1.807) is 0 Å². The van der Waals surface area contributed by atoms with E-state index in [-0.39, 0.29) is 152 Å². The molecule has 0 fully saturated rings. The van der Waals surface area contributed by atoms with Gasteiger partial charge in [0.1, 0.15) is 36.6 Å². The number of alkyl halides is 9. The van der Waals surface area contributed by atoms with Gasteiger partial charge in [0.2, 0.25) is 5.60 Å². The summed E-state index contributed by atoms with van der Waals surface area (Å²) in [5.74, 6) is -21.8. The quantitative estimate of drug-likeness (QED) is 0.0146. The second kappa shape index (κ2) is 40.1. The van der Waals surface area contributed by atoms with Gasteiger partial charge in [0.15, 0.2) is 0 Å². The minimum atomic E-state index is -6.86. The van der Waals surface area contributed by atoms with Crippen LogP contribution in [0.3, 0.4) is 0 Å². The van der Waals surface area contributed by atoms with E-state index in [0.29, 0.717) is 39.9 Å². The number of hydrogen-bond acceptors (Lipinski definition) is 20. The summed E-state index contributed by atoms with van der Waals surface area (Å²) in [5.41, 5.74) is -15.6. The lowest BCUT2D eigenvalue weighted by Gasteiger charge is -2.38. The third-order valence-electron chi connectivity index (χ3n) is 16.8. The molecule has 1 atom stereocenters. The molecule has 46 heteroatoms. The van der Waals surface area contributed by atoms with Crippen LogP contribution in [0.15, 0.2) is 72.8 Å². The molecule has 0 heterocycles. The van der Waals surface area contributed by atoms with Crippen molar-refractivity contribution in [2.24, 2.45) is 5.41 Å². The molecule has 0 aromatic heterocycles. The van der Waals surface area contributed by atoms with Crippen molar-refractivity contribution in [1.29, 1.82) is 0 Å². The Bertz CT molecular complexity index is 4660. The number of carbonyl (C=O) groups is 7. The summed E-state index contributed by atoms with van der Waals surface area (Å²) < 4.78 is 233. The van der Waals surface area contributed by atoms with Gasteiger partial charge in [0, 0.05) is 0 Å². The summed E-state index contributed by atoms with van der Waals surface area (Å²) in [6.45, 7) is 0.264. The van der Waals surface area contributed by atoms with Crippen molar-refractivity contribution in [3.8, 4) is 28.7 Å². The van der Waals surface area contributed by atoms with Gasteiger partial charge in [-0.2, -0.15) is 39.5 Å². The Hall–Kier alpha value is -8.23. The average Bonchev–Trinajstić information content (AvgIpc) is 0.764. The molecular weight excluding hydrogens is 1530 g/mol. The Morgan fingerprint density at radius 2 is 0.561 bits per heavy atom. The molecule has 0 amide bonds. The van der Waals surface area contributed by atoms with E-state index in [2.05, 4.69) is 9.47 Å². The molecule has 0 aliphatic carbocycles. The van der Waals surface area contributed by atoms with E-state index in [9.17, 15) is 99.0 Å². The molecule has 0 bridgehead atoms. The van der Waals surface area contributed by atoms with Crippen LogP contribution in [0.25, 0.3) is 0 Å². The maximum Gasteiger partial charge on any atom is 0.438 e. The molecule has 0 N–H and O–H groups in total. The number of carbonyl (C=O) groups excluding carboxylic acids is 7. The van der Waals surface area contributed by atoms with Crippen LogP contribution in [0.4, 0.5) is 39.5 Å². The first-order valence-corrected chi connectivity index (χ1v) is 35.8. The van der Waals surface area contributed by atoms with Crippen molar-refractivity contribution in [2.45, 2.75) is 139 Å². The first-order valence-electron chi connectivity index (χ1n) is 32.7. The number of esters is 7. The predicted octanol–water partition coefficient (Wildman–Crippen LogP) is 3.31. The molecule has 114 heavy (non-hydrogen) atoms. The third-order valence-corrected chi connectivity index (χ3v) is 18.5. The van der Waals surface area contributed by atoms with Crippen molar-refractivity contribution in [3.63, 3.8) is 0 Å². The number of halogens is 9. The van der Waals surface area contributed by atoms with Gasteiger partial charge in [-0.05, 0) is 76.1 Å². The summed E-state index contributed by atoms with van der Waals surface area (Å²) in [6, 6.07) is 14.8. The van der Waals surface area contributed by atoms with Crippen molar-refractivity contribution in [3.05, 3.63) is 173 Å². The smallest absolute Gasteiger partial charge is 0.438 e. The molecule has 6 aromatic carbocycles. The minimum absolute atomic E-state index is 0. The lowest BCUT2D eigenvalue weighted by atomic mass is 9.83. The molecule has 568 valence electrons. The first kappa shape index (κ1) is 98.1. The Labute approximate surface area is 671 Å². The highest BCUT2D eigenvalue weighted by atomic mass is 32.2. The number of hydrogen-bond donors (Lipinski definition) is 0. The fourth-order valence-electron chi connectivity index (χ4n) is 10.8. The van der Waals surface area contributed by atoms with Crippen molar-refractivity contribution < 1.29 is 132 Å². The second-order valence-electron chi connectivity index (χ2n) is 24.8. The van der Waals surface area contributed by atoms with Gasteiger partial charge in [0.05, 0.1) is 164 Å². The third kappa shape index (κ3) is 22.9. The lowest BCUT2D eigenvalue weighted by Crippen LogP contribution is -2.65. The molecule has 0 saturated heterocycles. The molecule has 0 aliphatic heterocycles. The Kier molecular flexibility index (Phi) is 34.5. The second-order valence-corrected chi connectivity index (χ2v) is 27.6. The highest BCUT2D eigenvalue weighted by Crippen LogP contribution is 2.49. The Morgan fingerprint density at radius 1 is 0.325 bits per heavy atom. The zero-order valence-electron chi connectivity index (χ0n) is 59.8. The van der Waals surface area contributed by atoms with E-state index in [1.807, 2.05) is 0 Å². The van der Waals surface area contributed by atoms with Gasteiger partial charge in [-0.3, -0.25) is 4.79 Å². The van der Waals surface area contributed by atoms with Crippen molar-refractivity contribution in [2.75, 3.05) is 11.5 Å². The molecular formula is C68H54B15F9O20S2-2. The van der Waals surface area contributed by atoms with E-state index in [4.69, 9.17) is 141 Å². The molecule has 0 spiro atoms. The molecule has 20 nitrogen and oxygen atoms in total. The predicted molar refractivity (Wildman–Crippen MR) is 407 cm³/mol. The zero-order valence-corrected chi connectivity index (χ0v) is 61.4. The molecule has 6 aromatic rings. The van der Waals surface area contributed by atoms with Crippen LogP contribution in [0.2, 0.25) is 0 Å². The van der Waals surface area contributed by atoms with E-state index < -0.39 is 173 Å². The van der Waals surface area contributed by atoms with E-state index in [0.717, 1.165) is 0 Å². The van der Waals surface area contributed by atoms with Crippen LogP contribution in [-0.2, 0) is 133 Å². The van der Waals surface area contributed by atoms with Gasteiger partial charge in [-0.15, -0.1) is 0 Å². The zero-order chi connectivity index (χ0) is 85.6. The van der Waals surface area contributed by atoms with Gasteiger partial charge in [-0.25, -0.2) is 45.6 Å². The standard InChI is InChI=1S/C40H30B9F3O11S.C27H22B6F6O9S.CH4/c1-39(40(50,51)52,18-64(57,58)59)63-38(56)30-9-28(36(54)61-33-24(15-46)4-20(11-42)5-25(33)16-47)27(35(53)60-32-22(13-44)2-19(10-41)3-23(32)14-45)8-29(30)37(55)62-34-26(17-48)6-21(12-43)7-31(34)49;1-24(21(40)46-19-15(8-30)2-13(6-28)3-16(19)9-31,22(41)47-20-17(10-32)4-14(7-29)5-18(20)11-33)23(42)48-25(26(34,35)36,27(37,38)39)12-49(43,44)45;/h2-9H,10-18H2,1H3,(H,57,58,59);2-5H,6-12H2,1H3,(H,43,44,45);1H4/p-2. The van der Waals surface area contributed by atoms with Crippen LogP contribution in [0, 0.1) is 5.41 Å². The van der Waals surface area contributed by atoms with Crippen LogP contribution in [-0.4, -0.2) is 227 Å². The first-order chi connectivity index (χ1) is 52.5. The van der Waals surface area contributed by atoms with Crippen LogP contribution >= 0.6 is 0 Å². The summed E-state index contributed by atoms with van der Waals surface area (Å²) in [4.78, 5) is 98.0. The maximum absolute atomic E-state index is 14.4. The van der Waals surface area contributed by atoms with Crippen molar-refractivity contribution in [1.82, 2.24) is 0 Å². The fraction of sp³-hybridized carbons (Fsp3) is 0.368. The lowest BCUT2D eigenvalue weighted by molar-refractivity contribution is -0.362. The molecule has 0 aliphatic rings. The summed E-state index contributed by atoms with van der Waals surface area (Å²) in [7, 11) is 75.0. The Balaban J connectivity index is 0.000000494. The maximum atomic E-state index is 14.4. The molecule has 30 radical (unpaired) electrons. The topological polar surface area (TPSA) is 298 Å². The van der Waals surface area contributed by atoms with Crippen molar-refractivity contribution >= 4 is 185 Å². The van der Waals surface area contributed by atoms with Gasteiger partial charge in [0.25, 0.3) is 5.41 Å². The number of ether oxygens (including phenoxy) is 7. The summed E-state index contributed by atoms with van der Waals surface area (Å²) in [6.07, 6.45) is -22.7. The highest BCUT2D eigenvalue weighted by Gasteiger charge is 2.76.